The number of carboxylic acid groups (broad SMARTS) is 1. The number of nitrogens with one attached hydrogen (secondary N) is 4. The highest BCUT2D eigenvalue weighted by Crippen LogP contribution is 2.05. The Morgan fingerprint density at radius 1 is 0.627 bits per heavy atom. The van der Waals surface area contributed by atoms with E-state index in [0.717, 1.165) is 4.90 Å². The molecular formula is C37H62N6O16. The number of aliphatic carboxylic acids is 1. The van der Waals surface area contributed by atoms with E-state index in [4.69, 9.17) is 43.6 Å². The molecule has 1 atom stereocenters. The van der Waals surface area contributed by atoms with E-state index in [2.05, 4.69) is 21.3 Å². The summed E-state index contributed by atoms with van der Waals surface area (Å²) in [5.74, 6) is -3.57. The lowest BCUT2D eigenvalue weighted by atomic mass is 10.1. The van der Waals surface area contributed by atoms with Gasteiger partial charge in [-0.2, -0.15) is 0 Å². The molecule has 1 heterocycles. The summed E-state index contributed by atoms with van der Waals surface area (Å²) < 4.78 is 43.5. The van der Waals surface area contributed by atoms with Crippen LogP contribution in [-0.2, 0) is 66.7 Å². The molecule has 7 amide bonds. The SMILES string of the molecule is CC(C)=C(NC(=O)CCOCCOCCOCCOCCOCCOCCOCCOCCNC(=O)CCN1C(=O)C=CC1=O)C(=O)N[C@@H](CCCNC(N)=O)C(=O)O. The van der Waals surface area contributed by atoms with Gasteiger partial charge in [0.15, 0.2) is 0 Å². The van der Waals surface area contributed by atoms with Gasteiger partial charge in [-0.15, -0.1) is 0 Å². The van der Waals surface area contributed by atoms with E-state index in [1.165, 1.54) is 12.2 Å². The summed E-state index contributed by atoms with van der Waals surface area (Å²) in [7, 11) is 0. The maximum atomic E-state index is 12.7. The normalized spacial score (nSPS) is 12.7. The van der Waals surface area contributed by atoms with Gasteiger partial charge < -0.3 is 70.0 Å². The van der Waals surface area contributed by atoms with E-state index in [-0.39, 0.29) is 63.6 Å². The molecule has 1 rings (SSSR count). The number of carbonyl (C=O) groups excluding carboxylic acids is 6. The van der Waals surface area contributed by atoms with Gasteiger partial charge >= 0.3 is 12.0 Å². The van der Waals surface area contributed by atoms with Gasteiger partial charge in [-0.05, 0) is 32.3 Å². The number of imide groups is 1. The van der Waals surface area contributed by atoms with Gasteiger partial charge in [0.1, 0.15) is 11.7 Å². The molecule has 0 fully saturated rings. The molecule has 0 aromatic carbocycles. The van der Waals surface area contributed by atoms with Crippen LogP contribution in [0.3, 0.4) is 0 Å². The van der Waals surface area contributed by atoms with Crippen molar-refractivity contribution in [3.63, 3.8) is 0 Å². The zero-order chi connectivity index (χ0) is 43.5. The average molecular weight is 847 g/mol. The van der Waals surface area contributed by atoms with Gasteiger partial charge in [-0.3, -0.25) is 28.9 Å². The van der Waals surface area contributed by atoms with Gasteiger partial charge in [-0.25, -0.2) is 9.59 Å². The molecule has 0 bridgehead atoms. The van der Waals surface area contributed by atoms with Gasteiger partial charge in [0.2, 0.25) is 11.8 Å². The second-order valence-electron chi connectivity index (χ2n) is 12.6. The standard InChI is InChI=1S/C37H62N6O16/c1-28(2)34(35(48)41-29(36(49)50)4-3-9-40-37(38)51)42-31(45)8-12-52-14-16-54-18-20-56-22-24-58-26-27-59-25-23-57-21-19-55-17-15-53-13-10-39-30(44)7-11-43-32(46)5-6-33(43)47/h5-6,29H,3-4,7-27H2,1-2H3,(H,39,44)(H,41,48)(H,42,45)(H,49,50)(H3,38,40,51)/t29-/m0/s1. The molecule has 0 unspecified atom stereocenters. The predicted molar refractivity (Wildman–Crippen MR) is 208 cm³/mol. The number of primary amides is 1. The highest BCUT2D eigenvalue weighted by Gasteiger charge is 2.24. The highest BCUT2D eigenvalue weighted by atomic mass is 16.6. The molecule has 0 aromatic rings. The van der Waals surface area contributed by atoms with Crippen molar-refractivity contribution in [2.24, 2.45) is 5.73 Å². The van der Waals surface area contributed by atoms with Crippen LogP contribution in [0.5, 0.6) is 0 Å². The first kappa shape index (κ1) is 52.5. The number of nitrogens with two attached hydrogens (primary N) is 1. The topological polar surface area (TPSA) is 291 Å². The van der Waals surface area contributed by atoms with Crippen molar-refractivity contribution in [1.29, 1.82) is 0 Å². The molecule has 22 nitrogen and oxygen atoms in total. The van der Waals surface area contributed by atoms with E-state index in [9.17, 15) is 38.7 Å². The van der Waals surface area contributed by atoms with Crippen LogP contribution in [0.2, 0.25) is 0 Å². The Hall–Kier alpha value is -4.55. The van der Waals surface area contributed by atoms with E-state index in [0.29, 0.717) is 105 Å². The molecule has 7 N–H and O–H groups in total. The molecule has 59 heavy (non-hydrogen) atoms. The van der Waals surface area contributed by atoms with Crippen molar-refractivity contribution in [3.8, 4) is 0 Å². The van der Waals surface area contributed by atoms with Crippen LogP contribution in [-0.4, -0.2) is 183 Å². The summed E-state index contributed by atoms with van der Waals surface area (Å²) in [5.41, 5.74) is 5.42. The lowest BCUT2D eigenvalue weighted by Gasteiger charge is -2.17. The summed E-state index contributed by atoms with van der Waals surface area (Å²) in [4.78, 5) is 83.1. The minimum atomic E-state index is -1.25. The molecule has 1 aliphatic heterocycles. The number of rotatable bonds is 38. The zero-order valence-electron chi connectivity index (χ0n) is 34.1. The number of hydrogen-bond donors (Lipinski definition) is 6. The number of amides is 7. The lowest BCUT2D eigenvalue weighted by molar-refractivity contribution is -0.141. The van der Waals surface area contributed by atoms with Gasteiger partial charge in [-0.1, -0.05) is 0 Å². The first-order valence-corrected chi connectivity index (χ1v) is 19.4. The quantitative estimate of drug-likeness (QED) is 0.0231. The van der Waals surface area contributed by atoms with E-state index >= 15 is 0 Å². The van der Waals surface area contributed by atoms with Crippen LogP contribution >= 0.6 is 0 Å². The third-order valence-electron chi connectivity index (χ3n) is 7.67. The Kier molecular flexibility index (Phi) is 30.5. The third kappa shape index (κ3) is 28.5. The third-order valence-corrected chi connectivity index (χ3v) is 7.67. The van der Waals surface area contributed by atoms with Crippen molar-refractivity contribution in [3.05, 3.63) is 23.4 Å². The van der Waals surface area contributed by atoms with Crippen LogP contribution < -0.4 is 27.0 Å². The van der Waals surface area contributed by atoms with Crippen molar-refractivity contribution in [2.45, 2.75) is 45.6 Å². The molecule has 0 saturated carbocycles. The van der Waals surface area contributed by atoms with Gasteiger partial charge in [0.25, 0.3) is 17.7 Å². The first-order valence-electron chi connectivity index (χ1n) is 19.4. The summed E-state index contributed by atoms with van der Waals surface area (Å²) in [6.45, 7) is 9.35. The molecular weight excluding hydrogens is 784 g/mol. The monoisotopic (exact) mass is 846 g/mol. The van der Waals surface area contributed by atoms with Crippen molar-refractivity contribution < 1.29 is 76.6 Å². The summed E-state index contributed by atoms with van der Waals surface area (Å²) in [6.07, 6.45) is 2.67. The summed E-state index contributed by atoms with van der Waals surface area (Å²) >= 11 is 0. The smallest absolute Gasteiger partial charge is 0.326 e. The fourth-order valence-corrected chi connectivity index (χ4v) is 4.64. The minimum absolute atomic E-state index is 0.0331. The summed E-state index contributed by atoms with van der Waals surface area (Å²) in [6, 6.07) is -1.96. The minimum Gasteiger partial charge on any atom is -0.480 e. The Bertz CT molecular complexity index is 1330. The second-order valence-corrected chi connectivity index (χ2v) is 12.6. The van der Waals surface area contributed by atoms with Gasteiger partial charge in [0.05, 0.1) is 112 Å². The fourth-order valence-electron chi connectivity index (χ4n) is 4.64. The molecule has 336 valence electrons. The maximum absolute atomic E-state index is 12.7. The number of urea groups is 1. The number of carbonyl (C=O) groups is 7. The second kappa shape index (κ2) is 34.3. The van der Waals surface area contributed by atoms with Crippen molar-refractivity contribution in [2.75, 3.05) is 125 Å². The van der Waals surface area contributed by atoms with Crippen molar-refractivity contribution in [1.82, 2.24) is 26.2 Å². The van der Waals surface area contributed by atoms with Crippen molar-refractivity contribution >= 4 is 41.5 Å². The molecule has 22 heteroatoms. The Balaban J connectivity index is 1.86. The predicted octanol–water partition coefficient (Wildman–Crippen LogP) is -1.63. The van der Waals surface area contributed by atoms with Crippen LogP contribution in [0.1, 0.15) is 39.5 Å². The molecule has 0 radical (unpaired) electrons. The lowest BCUT2D eigenvalue weighted by Crippen LogP contribution is -2.45. The molecule has 1 aliphatic rings. The Labute approximate surface area is 344 Å². The molecule has 0 aliphatic carbocycles. The first-order chi connectivity index (χ1) is 28.4. The van der Waals surface area contributed by atoms with Gasteiger partial charge in [0, 0.05) is 38.2 Å². The largest absolute Gasteiger partial charge is 0.480 e. The molecule has 0 saturated heterocycles. The van der Waals surface area contributed by atoms with E-state index in [1.54, 1.807) is 13.8 Å². The highest BCUT2D eigenvalue weighted by molar-refractivity contribution is 6.13. The van der Waals surface area contributed by atoms with Crippen LogP contribution in [0.25, 0.3) is 0 Å². The number of ether oxygens (including phenoxy) is 8. The number of carboxylic acids is 1. The van der Waals surface area contributed by atoms with E-state index < -0.39 is 41.7 Å². The van der Waals surface area contributed by atoms with Crippen LogP contribution in [0, 0.1) is 0 Å². The Morgan fingerprint density at radius 2 is 1.07 bits per heavy atom. The van der Waals surface area contributed by atoms with E-state index in [1.807, 2.05) is 0 Å². The Morgan fingerprint density at radius 3 is 1.49 bits per heavy atom. The zero-order valence-corrected chi connectivity index (χ0v) is 34.1. The molecule has 0 aromatic heterocycles. The van der Waals surface area contributed by atoms with Crippen LogP contribution in [0.4, 0.5) is 4.79 Å². The number of nitrogens with zero attached hydrogens (tertiary/aromatic N) is 1. The fraction of sp³-hybridized carbons (Fsp3) is 0.703. The summed E-state index contributed by atoms with van der Waals surface area (Å²) in [5, 5.41) is 19.3. The van der Waals surface area contributed by atoms with Crippen LogP contribution in [0.15, 0.2) is 23.4 Å². The molecule has 0 spiro atoms. The maximum Gasteiger partial charge on any atom is 0.326 e. The average Bonchev–Trinajstić information content (AvgIpc) is 3.52. The number of hydrogen-bond acceptors (Lipinski definition) is 15. The number of allylic oxidation sites excluding steroid dienone is 1.